The van der Waals surface area contributed by atoms with Crippen LogP contribution in [0.4, 0.5) is 4.79 Å². The van der Waals surface area contributed by atoms with Gasteiger partial charge >= 0.3 is 6.09 Å². The third kappa shape index (κ3) is 4.32. The Bertz CT molecular complexity index is 667. The highest BCUT2D eigenvalue weighted by Crippen LogP contribution is 2.34. The number of hydrogen-bond acceptors (Lipinski definition) is 4. The Morgan fingerprint density at radius 1 is 1.18 bits per heavy atom. The molecule has 0 saturated carbocycles. The molecule has 2 heterocycles. The van der Waals surface area contributed by atoms with Crippen LogP contribution in [-0.4, -0.2) is 60.6 Å². The minimum Gasteiger partial charge on any atom is -0.441 e. The fourth-order valence-corrected chi connectivity index (χ4v) is 4.35. The van der Waals surface area contributed by atoms with Crippen molar-refractivity contribution >= 4 is 12.0 Å². The predicted octanol–water partition coefficient (Wildman–Crippen LogP) is 3.20. The van der Waals surface area contributed by atoms with Crippen LogP contribution >= 0.6 is 0 Å². The van der Waals surface area contributed by atoms with Crippen molar-refractivity contribution < 1.29 is 14.3 Å². The Hall–Kier alpha value is -2.08. The standard InChI is InChI=1S/C22H33N3O3/c1-4-17(5-2)15-25-16-22(28-21(25)27)11-13-24(14-12-22)20(26)19(23-3)18-9-7-6-8-10-18/h6-10,17,19,23H,4-5,11-16H2,1-3H3/t19-/m1/s1. The van der Waals surface area contributed by atoms with Gasteiger partial charge in [-0.3, -0.25) is 4.79 Å². The van der Waals surface area contributed by atoms with Gasteiger partial charge in [-0.05, 0) is 18.5 Å². The molecule has 1 aromatic carbocycles. The molecule has 2 aliphatic rings. The van der Waals surface area contributed by atoms with Gasteiger partial charge < -0.3 is 19.9 Å². The zero-order valence-corrected chi connectivity index (χ0v) is 17.3. The van der Waals surface area contributed by atoms with E-state index >= 15 is 0 Å². The van der Waals surface area contributed by atoms with Gasteiger partial charge in [0.2, 0.25) is 5.91 Å². The molecule has 2 aliphatic heterocycles. The molecule has 1 spiro atoms. The minimum absolute atomic E-state index is 0.0850. The van der Waals surface area contributed by atoms with Gasteiger partial charge in [0.25, 0.3) is 0 Å². The fourth-order valence-electron chi connectivity index (χ4n) is 4.35. The molecule has 0 unspecified atom stereocenters. The first kappa shape index (κ1) is 20.6. The number of likely N-dealkylation sites (tertiary alicyclic amines) is 1. The van der Waals surface area contributed by atoms with Crippen LogP contribution in [0.1, 0.15) is 51.1 Å². The molecule has 6 heteroatoms. The molecule has 28 heavy (non-hydrogen) atoms. The van der Waals surface area contributed by atoms with E-state index in [9.17, 15) is 9.59 Å². The molecular weight excluding hydrogens is 354 g/mol. The summed E-state index contributed by atoms with van der Waals surface area (Å²) in [5.74, 6) is 0.605. The number of piperidine rings is 1. The maximum atomic E-state index is 13.0. The highest BCUT2D eigenvalue weighted by atomic mass is 16.6. The van der Waals surface area contributed by atoms with Crippen molar-refractivity contribution in [3.8, 4) is 0 Å². The van der Waals surface area contributed by atoms with Crippen molar-refractivity contribution in [1.82, 2.24) is 15.1 Å². The largest absolute Gasteiger partial charge is 0.441 e. The fraction of sp³-hybridized carbons (Fsp3) is 0.636. The quantitative estimate of drug-likeness (QED) is 0.780. The van der Waals surface area contributed by atoms with Gasteiger partial charge in [-0.2, -0.15) is 0 Å². The number of nitrogens with one attached hydrogen (secondary N) is 1. The van der Waals surface area contributed by atoms with Crippen LogP contribution in [0.2, 0.25) is 0 Å². The summed E-state index contributed by atoms with van der Waals surface area (Å²) in [5.41, 5.74) is 0.542. The SMILES string of the molecule is CCC(CC)CN1CC2(CCN(C(=O)[C@H](NC)c3ccccc3)CC2)OC1=O. The molecular formula is C22H33N3O3. The second-order valence-electron chi connectivity index (χ2n) is 8.07. The Balaban J connectivity index is 1.59. The van der Waals surface area contributed by atoms with Crippen molar-refractivity contribution in [3.05, 3.63) is 35.9 Å². The summed E-state index contributed by atoms with van der Waals surface area (Å²) in [6.45, 7) is 7.00. The molecule has 2 fully saturated rings. The first-order valence-electron chi connectivity index (χ1n) is 10.5. The van der Waals surface area contributed by atoms with Crippen LogP contribution in [0, 0.1) is 5.92 Å². The molecule has 6 nitrogen and oxygen atoms in total. The van der Waals surface area contributed by atoms with Gasteiger partial charge in [0.05, 0.1) is 6.54 Å². The normalized spacial score (nSPS) is 19.9. The lowest BCUT2D eigenvalue weighted by Gasteiger charge is -2.38. The van der Waals surface area contributed by atoms with Crippen molar-refractivity contribution in [3.63, 3.8) is 0 Å². The molecule has 3 rings (SSSR count). The van der Waals surface area contributed by atoms with Crippen LogP contribution in [0.3, 0.4) is 0 Å². The number of rotatable bonds is 7. The number of hydrogen-bond donors (Lipinski definition) is 1. The molecule has 0 aliphatic carbocycles. The Labute approximate surface area is 168 Å². The first-order chi connectivity index (χ1) is 13.5. The number of likely N-dealkylation sites (N-methyl/N-ethyl adjacent to an activating group) is 1. The van der Waals surface area contributed by atoms with Crippen LogP contribution in [-0.2, 0) is 9.53 Å². The third-order valence-electron chi connectivity index (χ3n) is 6.33. The lowest BCUT2D eigenvalue weighted by molar-refractivity contribution is -0.136. The lowest BCUT2D eigenvalue weighted by Crippen LogP contribution is -2.51. The van der Waals surface area contributed by atoms with Gasteiger partial charge in [0.1, 0.15) is 11.6 Å². The Kier molecular flexibility index (Phi) is 6.60. The molecule has 2 amide bonds. The number of carbonyl (C=O) groups excluding carboxylic acids is 2. The highest BCUT2D eigenvalue weighted by Gasteiger charge is 2.48. The molecule has 1 atom stereocenters. The summed E-state index contributed by atoms with van der Waals surface area (Å²) < 4.78 is 5.83. The van der Waals surface area contributed by atoms with E-state index in [4.69, 9.17) is 4.74 Å². The van der Waals surface area contributed by atoms with Crippen LogP contribution in [0.15, 0.2) is 30.3 Å². The van der Waals surface area contributed by atoms with Gasteiger partial charge in [0, 0.05) is 32.5 Å². The van der Waals surface area contributed by atoms with Gasteiger partial charge in [-0.1, -0.05) is 57.0 Å². The summed E-state index contributed by atoms with van der Waals surface area (Å²) in [4.78, 5) is 29.2. The van der Waals surface area contributed by atoms with Gasteiger partial charge in [-0.25, -0.2) is 4.79 Å². The average molecular weight is 388 g/mol. The summed E-state index contributed by atoms with van der Waals surface area (Å²) in [6, 6.07) is 9.45. The van der Waals surface area contributed by atoms with Crippen LogP contribution in [0.5, 0.6) is 0 Å². The highest BCUT2D eigenvalue weighted by molar-refractivity contribution is 5.83. The van der Waals surface area contributed by atoms with E-state index in [1.165, 1.54) is 0 Å². The number of amides is 2. The molecule has 0 radical (unpaired) electrons. The second-order valence-corrected chi connectivity index (χ2v) is 8.07. The second kappa shape index (κ2) is 8.95. The molecule has 0 aromatic heterocycles. The van der Waals surface area contributed by atoms with Crippen molar-refractivity contribution in [2.24, 2.45) is 5.92 Å². The molecule has 0 bridgehead atoms. The lowest BCUT2D eigenvalue weighted by atomic mass is 9.90. The van der Waals surface area contributed by atoms with E-state index < -0.39 is 5.60 Å². The molecule has 2 saturated heterocycles. The van der Waals surface area contributed by atoms with E-state index in [1.807, 2.05) is 47.2 Å². The number of carbonyl (C=O) groups is 2. The number of nitrogens with zero attached hydrogens (tertiary/aromatic N) is 2. The number of benzene rings is 1. The average Bonchev–Trinajstić information content (AvgIpc) is 3.02. The van der Waals surface area contributed by atoms with Crippen molar-refractivity contribution in [2.45, 2.75) is 51.2 Å². The van der Waals surface area contributed by atoms with E-state index in [0.717, 1.165) is 24.9 Å². The van der Waals surface area contributed by atoms with Crippen LogP contribution < -0.4 is 5.32 Å². The summed E-state index contributed by atoms with van der Waals surface area (Å²) in [7, 11) is 1.81. The Morgan fingerprint density at radius 3 is 2.39 bits per heavy atom. The van der Waals surface area contributed by atoms with Crippen molar-refractivity contribution in [1.29, 1.82) is 0 Å². The van der Waals surface area contributed by atoms with E-state index in [-0.39, 0.29) is 18.0 Å². The maximum Gasteiger partial charge on any atom is 0.410 e. The zero-order valence-electron chi connectivity index (χ0n) is 17.3. The zero-order chi connectivity index (χ0) is 20.1. The van der Waals surface area contributed by atoms with Gasteiger partial charge in [0.15, 0.2) is 0 Å². The summed E-state index contributed by atoms with van der Waals surface area (Å²) in [5, 5.41) is 3.14. The first-order valence-corrected chi connectivity index (χ1v) is 10.5. The maximum absolute atomic E-state index is 13.0. The van der Waals surface area contributed by atoms with E-state index in [2.05, 4.69) is 19.2 Å². The smallest absolute Gasteiger partial charge is 0.410 e. The van der Waals surface area contributed by atoms with Gasteiger partial charge in [-0.15, -0.1) is 0 Å². The molecule has 154 valence electrons. The summed E-state index contributed by atoms with van der Waals surface area (Å²) >= 11 is 0. The summed E-state index contributed by atoms with van der Waals surface area (Å²) in [6.07, 6.45) is 3.36. The minimum atomic E-state index is -0.429. The third-order valence-corrected chi connectivity index (χ3v) is 6.33. The van der Waals surface area contributed by atoms with Crippen LogP contribution in [0.25, 0.3) is 0 Å². The molecule has 1 aromatic rings. The van der Waals surface area contributed by atoms with E-state index in [1.54, 1.807) is 0 Å². The molecule has 1 N–H and O–H groups in total. The number of ether oxygens (including phenoxy) is 1. The Morgan fingerprint density at radius 2 is 1.82 bits per heavy atom. The van der Waals surface area contributed by atoms with E-state index in [0.29, 0.717) is 38.4 Å². The predicted molar refractivity (Wildman–Crippen MR) is 109 cm³/mol. The van der Waals surface area contributed by atoms with Crippen molar-refractivity contribution in [2.75, 3.05) is 33.2 Å². The monoisotopic (exact) mass is 387 g/mol. The topological polar surface area (TPSA) is 61.9 Å².